The fourth-order valence-electron chi connectivity index (χ4n) is 2.12. The van der Waals surface area contributed by atoms with Crippen molar-refractivity contribution in [2.75, 3.05) is 13.7 Å². The maximum atomic E-state index is 12.3. The van der Waals surface area contributed by atoms with Crippen molar-refractivity contribution in [3.63, 3.8) is 0 Å². The number of methoxy groups -OCH3 is 1. The van der Waals surface area contributed by atoms with Crippen LogP contribution in [0, 0.1) is 6.92 Å². The standard InChI is InChI=1S/C15H18N2O4S/c1-4-5-6-17-13(18)12(16-15(17)22)8-10-7-11(9(2)21-10)14(19)20-3/h7-8H,4-6H2,1-3H3,(H,16,22)/b12-8+. The van der Waals surface area contributed by atoms with Crippen molar-refractivity contribution in [3.05, 3.63) is 28.8 Å². The molecule has 6 nitrogen and oxygen atoms in total. The Hall–Kier alpha value is -2.15. The highest BCUT2D eigenvalue weighted by Gasteiger charge is 2.30. The van der Waals surface area contributed by atoms with Crippen molar-refractivity contribution < 1.29 is 18.7 Å². The van der Waals surface area contributed by atoms with Gasteiger partial charge in [0.05, 0.1) is 7.11 Å². The van der Waals surface area contributed by atoms with Crippen LogP contribution in [-0.2, 0) is 9.53 Å². The lowest BCUT2D eigenvalue weighted by Gasteiger charge is -2.12. The lowest BCUT2D eigenvalue weighted by atomic mass is 10.2. The zero-order chi connectivity index (χ0) is 16.3. The van der Waals surface area contributed by atoms with Crippen LogP contribution in [0.2, 0.25) is 0 Å². The van der Waals surface area contributed by atoms with Crippen molar-refractivity contribution in [3.8, 4) is 0 Å². The molecule has 2 rings (SSSR count). The molecule has 0 aliphatic carbocycles. The molecule has 0 saturated carbocycles. The van der Waals surface area contributed by atoms with E-state index in [1.807, 2.05) is 6.92 Å². The molecule has 22 heavy (non-hydrogen) atoms. The Morgan fingerprint density at radius 3 is 2.91 bits per heavy atom. The summed E-state index contributed by atoms with van der Waals surface area (Å²) in [6.07, 6.45) is 3.40. The third kappa shape index (κ3) is 3.19. The van der Waals surface area contributed by atoms with Crippen LogP contribution >= 0.6 is 12.2 Å². The number of hydrogen-bond acceptors (Lipinski definition) is 5. The highest BCUT2D eigenvalue weighted by atomic mass is 32.1. The summed E-state index contributed by atoms with van der Waals surface area (Å²) in [5.74, 6) is 0.173. The van der Waals surface area contributed by atoms with Crippen molar-refractivity contribution in [1.29, 1.82) is 0 Å². The molecule has 0 spiro atoms. The first-order valence-electron chi connectivity index (χ1n) is 7.01. The molecule has 1 aromatic heterocycles. The Morgan fingerprint density at radius 1 is 1.55 bits per heavy atom. The van der Waals surface area contributed by atoms with Gasteiger partial charge in [0.15, 0.2) is 5.11 Å². The maximum absolute atomic E-state index is 12.3. The van der Waals surface area contributed by atoms with Gasteiger partial charge in [-0.3, -0.25) is 9.69 Å². The van der Waals surface area contributed by atoms with Gasteiger partial charge in [0.1, 0.15) is 22.8 Å². The zero-order valence-electron chi connectivity index (χ0n) is 12.8. The molecule has 0 bridgehead atoms. The fourth-order valence-corrected chi connectivity index (χ4v) is 2.41. The molecule has 0 atom stereocenters. The maximum Gasteiger partial charge on any atom is 0.341 e. The molecule has 1 amide bonds. The molecule has 1 fully saturated rings. The van der Waals surface area contributed by atoms with Crippen LogP contribution in [0.1, 0.15) is 41.6 Å². The number of thiocarbonyl (C=S) groups is 1. The summed E-state index contributed by atoms with van der Waals surface area (Å²) in [5, 5.41) is 3.27. The lowest BCUT2D eigenvalue weighted by Crippen LogP contribution is -2.31. The number of esters is 1. The summed E-state index contributed by atoms with van der Waals surface area (Å²) < 4.78 is 10.1. The SMILES string of the molecule is CCCCN1C(=O)/C(=C\c2cc(C(=O)OC)c(C)o2)NC1=S. The van der Waals surface area contributed by atoms with E-state index in [0.717, 1.165) is 12.8 Å². The third-order valence-electron chi connectivity index (χ3n) is 3.33. The predicted octanol–water partition coefficient (Wildman–Crippen LogP) is 2.23. The van der Waals surface area contributed by atoms with E-state index in [4.69, 9.17) is 16.6 Å². The molecular weight excluding hydrogens is 304 g/mol. The van der Waals surface area contributed by atoms with Crippen molar-refractivity contribution in [2.45, 2.75) is 26.7 Å². The molecule has 1 aliphatic heterocycles. The monoisotopic (exact) mass is 322 g/mol. The summed E-state index contributed by atoms with van der Waals surface area (Å²) in [5.41, 5.74) is 0.677. The van der Waals surface area contributed by atoms with Crippen molar-refractivity contribution in [2.24, 2.45) is 0 Å². The van der Waals surface area contributed by atoms with Gasteiger partial charge in [0.25, 0.3) is 5.91 Å². The highest BCUT2D eigenvalue weighted by Crippen LogP contribution is 2.20. The number of amides is 1. The summed E-state index contributed by atoms with van der Waals surface area (Å²) >= 11 is 5.16. The molecule has 1 saturated heterocycles. The molecular formula is C15H18N2O4S. The number of ether oxygens (including phenoxy) is 1. The number of carbonyl (C=O) groups is 2. The summed E-state index contributed by atoms with van der Waals surface area (Å²) in [7, 11) is 1.30. The Bertz CT molecular complexity index is 648. The van der Waals surface area contributed by atoms with E-state index in [-0.39, 0.29) is 5.91 Å². The molecule has 1 aromatic rings. The van der Waals surface area contributed by atoms with E-state index in [9.17, 15) is 9.59 Å². The van der Waals surface area contributed by atoms with Crippen LogP contribution in [0.3, 0.4) is 0 Å². The topological polar surface area (TPSA) is 71.8 Å². The van der Waals surface area contributed by atoms with Crippen LogP contribution in [0.25, 0.3) is 6.08 Å². The van der Waals surface area contributed by atoms with Crippen LogP contribution in [0.15, 0.2) is 16.2 Å². The number of nitrogens with one attached hydrogen (secondary N) is 1. The van der Waals surface area contributed by atoms with Crippen LogP contribution in [0.5, 0.6) is 0 Å². The summed E-state index contributed by atoms with van der Waals surface area (Å²) in [4.78, 5) is 25.4. The van der Waals surface area contributed by atoms with Gasteiger partial charge >= 0.3 is 5.97 Å². The Kier molecular flexibility index (Phi) is 4.97. The normalized spacial score (nSPS) is 16.3. The highest BCUT2D eigenvalue weighted by molar-refractivity contribution is 7.80. The van der Waals surface area contributed by atoms with E-state index in [1.54, 1.807) is 19.1 Å². The second-order valence-corrected chi connectivity index (χ2v) is 5.30. The first-order chi connectivity index (χ1) is 10.5. The lowest BCUT2D eigenvalue weighted by molar-refractivity contribution is -0.122. The molecule has 1 aliphatic rings. The van der Waals surface area contributed by atoms with Crippen molar-refractivity contribution in [1.82, 2.24) is 10.2 Å². The number of furan rings is 1. The van der Waals surface area contributed by atoms with Gasteiger partial charge in [-0.2, -0.15) is 0 Å². The Labute approximate surface area is 134 Å². The Morgan fingerprint density at radius 2 is 2.27 bits per heavy atom. The van der Waals surface area contributed by atoms with E-state index in [1.165, 1.54) is 12.0 Å². The van der Waals surface area contributed by atoms with Crippen LogP contribution in [0.4, 0.5) is 0 Å². The number of nitrogens with zero attached hydrogens (tertiary/aromatic N) is 1. The predicted molar refractivity (Wildman–Crippen MR) is 85.1 cm³/mol. The summed E-state index contributed by atoms with van der Waals surface area (Å²) in [6.45, 7) is 4.30. The molecule has 1 N–H and O–H groups in total. The number of aryl methyl sites for hydroxylation is 1. The Balaban J connectivity index is 2.22. The fraction of sp³-hybridized carbons (Fsp3) is 0.400. The second-order valence-electron chi connectivity index (χ2n) is 4.91. The molecule has 118 valence electrons. The van der Waals surface area contributed by atoms with Gasteiger partial charge in [-0.25, -0.2) is 4.79 Å². The van der Waals surface area contributed by atoms with Crippen molar-refractivity contribution >= 4 is 35.3 Å². The summed E-state index contributed by atoms with van der Waals surface area (Å²) in [6, 6.07) is 1.54. The number of hydrogen-bond donors (Lipinski definition) is 1. The molecule has 2 heterocycles. The van der Waals surface area contributed by atoms with Gasteiger partial charge in [-0.05, 0) is 31.6 Å². The van der Waals surface area contributed by atoms with Gasteiger partial charge in [-0.15, -0.1) is 0 Å². The average Bonchev–Trinajstić information content (AvgIpc) is 2.98. The average molecular weight is 322 g/mol. The molecule has 0 radical (unpaired) electrons. The first-order valence-corrected chi connectivity index (χ1v) is 7.42. The van der Waals surface area contributed by atoms with E-state index >= 15 is 0 Å². The number of rotatable bonds is 5. The van der Waals surface area contributed by atoms with E-state index in [0.29, 0.717) is 34.4 Å². The van der Waals surface area contributed by atoms with Crippen LogP contribution in [-0.4, -0.2) is 35.5 Å². The third-order valence-corrected chi connectivity index (χ3v) is 3.65. The molecule has 7 heteroatoms. The minimum absolute atomic E-state index is 0.188. The minimum Gasteiger partial charge on any atom is -0.465 e. The zero-order valence-corrected chi connectivity index (χ0v) is 13.6. The first kappa shape index (κ1) is 16.2. The van der Waals surface area contributed by atoms with Gasteiger partial charge in [0.2, 0.25) is 0 Å². The number of carbonyl (C=O) groups excluding carboxylic acids is 2. The minimum atomic E-state index is -0.475. The number of unbranched alkanes of at least 4 members (excludes halogenated alkanes) is 1. The second kappa shape index (κ2) is 6.74. The largest absolute Gasteiger partial charge is 0.465 e. The van der Waals surface area contributed by atoms with Gasteiger partial charge in [0, 0.05) is 12.6 Å². The smallest absolute Gasteiger partial charge is 0.341 e. The quantitative estimate of drug-likeness (QED) is 0.509. The van der Waals surface area contributed by atoms with Gasteiger partial charge < -0.3 is 14.5 Å². The van der Waals surface area contributed by atoms with Gasteiger partial charge in [-0.1, -0.05) is 13.3 Å². The van der Waals surface area contributed by atoms with E-state index < -0.39 is 5.97 Å². The van der Waals surface area contributed by atoms with Crippen LogP contribution < -0.4 is 5.32 Å². The molecule has 0 unspecified atom stereocenters. The molecule has 0 aromatic carbocycles. The van der Waals surface area contributed by atoms with E-state index in [2.05, 4.69) is 10.1 Å².